The fourth-order valence-corrected chi connectivity index (χ4v) is 3.54. The number of rotatable bonds is 4. The van der Waals surface area contributed by atoms with Crippen LogP contribution in [0, 0.1) is 11.3 Å². The molecule has 2 fully saturated rings. The summed E-state index contributed by atoms with van der Waals surface area (Å²) in [4.78, 5) is 20.3. The molecule has 0 N–H and O–H groups in total. The molecule has 8 nitrogen and oxygen atoms in total. The highest BCUT2D eigenvalue weighted by Crippen LogP contribution is 2.24. The van der Waals surface area contributed by atoms with E-state index in [1.807, 2.05) is 24.4 Å². The molecule has 0 spiro atoms. The van der Waals surface area contributed by atoms with Gasteiger partial charge in [-0.05, 0) is 24.6 Å². The van der Waals surface area contributed by atoms with E-state index in [1.54, 1.807) is 6.20 Å². The lowest BCUT2D eigenvalue weighted by Gasteiger charge is -2.29. The molecule has 2 aliphatic heterocycles. The number of hydrogen-bond acceptors (Lipinski definition) is 8. The summed E-state index contributed by atoms with van der Waals surface area (Å²) in [6.45, 7) is 4.92. The SMILES string of the molecule is CN(c1ccnc(N2CCOCC2)n1)C1CCN(c2ccc(C#N)cn2)C1. The quantitative estimate of drug-likeness (QED) is 0.802. The molecule has 27 heavy (non-hydrogen) atoms. The minimum atomic E-state index is 0.356. The van der Waals surface area contributed by atoms with Crippen molar-refractivity contribution >= 4 is 17.6 Å². The number of likely N-dealkylation sites (N-methyl/N-ethyl adjacent to an activating group) is 1. The van der Waals surface area contributed by atoms with Crippen LogP contribution in [0.2, 0.25) is 0 Å². The zero-order valence-electron chi connectivity index (χ0n) is 15.5. The molecule has 1 unspecified atom stereocenters. The Kier molecular flexibility index (Phi) is 5.03. The molecule has 0 saturated carbocycles. The summed E-state index contributed by atoms with van der Waals surface area (Å²) >= 11 is 0. The van der Waals surface area contributed by atoms with E-state index >= 15 is 0 Å². The summed E-state index contributed by atoms with van der Waals surface area (Å²) in [7, 11) is 2.09. The molecule has 8 heteroatoms. The van der Waals surface area contributed by atoms with Crippen molar-refractivity contribution in [3.63, 3.8) is 0 Å². The Labute approximate surface area is 159 Å². The van der Waals surface area contributed by atoms with Crippen LogP contribution in [0.5, 0.6) is 0 Å². The van der Waals surface area contributed by atoms with Crippen molar-refractivity contribution in [1.29, 1.82) is 5.26 Å². The van der Waals surface area contributed by atoms with Crippen LogP contribution in [0.4, 0.5) is 17.6 Å². The first-order valence-corrected chi connectivity index (χ1v) is 9.24. The first kappa shape index (κ1) is 17.5. The minimum Gasteiger partial charge on any atom is -0.378 e. The molecular formula is C19H23N7O. The topological polar surface area (TPSA) is 81.4 Å². The van der Waals surface area contributed by atoms with Gasteiger partial charge in [0.25, 0.3) is 0 Å². The van der Waals surface area contributed by atoms with E-state index in [4.69, 9.17) is 15.0 Å². The molecule has 2 aromatic heterocycles. The molecule has 1 atom stereocenters. The fourth-order valence-electron chi connectivity index (χ4n) is 3.54. The molecule has 2 saturated heterocycles. The maximum atomic E-state index is 8.92. The van der Waals surface area contributed by atoms with Gasteiger partial charge in [-0.25, -0.2) is 9.97 Å². The smallest absolute Gasteiger partial charge is 0.227 e. The lowest BCUT2D eigenvalue weighted by Crippen LogP contribution is -2.38. The summed E-state index contributed by atoms with van der Waals surface area (Å²) in [5.74, 6) is 2.62. The van der Waals surface area contributed by atoms with Crippen LogP contribution in [0.15, 0.2) is 30.6 Å². The molecule has 0 bridgehead atoms. The molecule has 2 aromatic rings. The Balaban J connectivity index is 1.44. The minimum absolute atomic E-state index is 0.356. The average molecular weight is 365 g/mol. The van der Waals surface area contributed by atoms with Gasteiger partial charge in [0.2, 0.25) is 5.95 Å². The number of hydrogen-bond donors (Lipinski definition) is 0. The van der Waals surface area contributed by atoms with Crippen LogP contribution in [0.3, 0.4) is 0 Å². The monoisotopic (exact) mass is 365 g/mol. The molecule has 2 aliphatic rings. The number of ether oxygens (including phenoxy) is 1. The van der Waals surface area contributed by atoms with E-state index in [1.165, 1.54) is 0 Å². The highest BCUT2D eigenvalue weighted by Gasteiger charge is 2.28. The predicted octanol–water partition coefficient (Wildman–Crippen LogP) is 1.29. The molecular weight excluding hydrogens is 342 g/mol. The van der Waals surface area contributed by atoms with Gasteiger partial charge in [0.1, 0.15) is 17.7 Å². The second-order valence-electron chi connectivity index (χ2n) is 6.83. The molecule has 0 aliphatic carbocycles. The summed E-state index contributed by atoms with van der Waals surface area (Å²) < 4.78 is 5.41. The van der Waals surface area contributed by atoms with Gasteiger partial charge in [0.05, 0.1) is 18.8 Å². The van der Waals surface area contributed by atoms with Crippen LogP contribution in [0.25, 0.3) is 0 Å². The average Bonchev–Trinajstić information content (AvgIpc) is 3.24. The first-order valence-electron chi connectivity index (χ1n) is 9.24. The Bertz CT molecular complexity index is 814. The van der Waals surface area contributed by atoms with Crippen molar-refractivity contribution in [2.45, 2.75) is 12.5 Å². The number of pyridine rings is 1. The van der Waals surface area contributed by atoms with Crippen LogP contribution in [-0.4, -0.2) is 67.4 Å². The molecule has 0 radical (unpaired) electrons. The van der Waals surface area contributed by atoms with Crippen molar-refractivity contribution in [3.8, 4) is 6.07 Å². The molecule has 140 valence electrons. The summed E-state index contributed by atoms with van der Waals surface area (Å²) in [6.07, 6.45) is 4.50. The van der Waals surface area contributed by atoms with Gasteiger partial charge in [-0.15, -0.1) is 0 Å². The van der Waals surface area contributed by atoms with Crippen molar-refractivity contribution < 1.29 is 4.74 Å². The zero-order valence-corrected chi connectivity index (χ0v) is 15.5. The van der Waals surface area contributed by atoms with Gasteiger partial charge in [-0.1, -0.05) is 0 Å². The van der Waals surface area contributed by atoms with E-state index in [9.17, 15) is 0 Å². The molecule has 0 amide bonds. The van der Waals surface area contributed by atoms with Gasteiger partial charge >= 0.3 is 0 Å². The lowest BCUT2D eigenvalue weighted by atomic mass is 10.2. The third-order valence-corrected chi connectivity index (χ3v) is 5.20. The Morgan fingerprint density at radius 2 is 2.00 bits per heavy atom. The second kappa shape index (κ2) is 7.76. The first-order chi connectivity index (χ1) is 13.2. The molecule has 4 rings (SSSR count). The van der Waals surface area contributed by atoms with Crippen LogP contribution in [-0.2, 0) is 4.74 Å². The molecule has 4 heterocycles. The molecule has 0 aromatic carbocycles. The standard InChI is InChI=1S/C19H23N7O/c1-24(18-4-6-21-19(23-18)25-8-10-27-11-9-25)16-5-7-26(14-16)17-3-2-15(12-20)13-22-17/h2-4,6,13,16H,5,7-11,14H2,1H3. The number of nitrogens with zero attached hydrogens (tertiary/aromatic N) is 7. The van der Waals surface area contributed by atoms with Crippen LogP contribution in [0.1, 0.15) is 12.0 Å². The zero-order chi connectivity index (χ0) is 18.6. The van der Waals surface area contributed by atoms with Crippen LogP contribution >= 0.6 is 0 Å². The Morgan fingerprint density at radius 3 is 2.74 bits per heavy atom. The van der Waals surface area contributed by atoms with Gasteiger partial charge < -0.3 is 19.4 Å². The van der Waals surface area contributed by atoms with Gasteiger partial charge in [0.15, 0.2) is 0 Å². The van der Waals surface area contributed by atoms with E-state index in [0.29, 0.717) is 11.6 Å². The number of aromatic nitrogens is 3. The maximum Gasteiger partial charge on any atom is 0.227 e. The van der Waals surface area contributed by atoms with E-state index in [2.05, 4.69) is 37.8 Å². The lowest BCUT2D eigenvalue weighted by molar-refractivity contribution is 0.122. The maximum absolute atomic E-state index is 8.92. The van der Waals surface area contributed by atoms with E-state index in [-0.39, 0.29) is 0 Å². The van der Waals surface area contributed by atoms with Gasteiger partial charge in [-0.3, -0.25) is 0 Å². The van der Waals surface area contributed by atoms with E-state index < -0.39 is 0 Å². The summed E-state index contributed by atoms with van der Waals surface area (Å²) in [6, 6.07) is 8.17. The number of anilines is 3. The second-order valence-corrected chi connectivity index (χ2v) is 6.83. The third-order valence-electron chi connectivity index (χ3n) is 5.20. The fraction of sp³-hybridized carbons (Fsp3) is 0.474. The largest absolute Gasteiger partial charge is 0.378 e. The Hall–Kier alpha value is -2.92. The van der Waals surface area contributed by atoms with E-state index in [0.717, 1.165) is 63.4 Å². The Morgan fingerprint density at radius 1 is 1.15 bits per heavy atom. The predicted molar refractivity (Wildman–Crippen MR) is 103 cm³/mol. The highest BCUT2D eigenvalue weighted by atomic mass is 16.5. The highest BCUT2D eigenvalue weighted by molar-refractivity contribution is 5.48. The normalized spacial score (nSPS) is 19.8. The van der Waals surface area contributed by atoms with Crippen LogP contribution < -0.4 is 14.7 Å². The van der Waals surface area contributed by atoms with Gasteiger partial charge in [0, 0.05) is 51.7 Å². The van der Waals surface area contributed by atoms with Crippen molar-refractivity contribution in [2.24, 2.45) is 0 Å². The van der Waals surface area contributed by atoms with Crippen molar-refractivity contribution in [3.05, 3.63) is 36.2 Å². The van der Waals surface area contributed by atoms with Gasteiger partial charge in [-0.2, -0.15) is 10.2 Å². The van der Waals surface area contributed by atoms with Crippen molar-refractivity contribution in [2.75, 3.05) is 61.1 Å². The number of nitriles is 1. The van der Waals surface area contributed by atoms with Crippen molar-refractivity contribution in [1.82, 2.24) is 15.0 Å². The summed E-state index contributed by atoms with van der Waals surface area (Å²) in [5.41, 5.74) is 0.586. The number of morpholine rings is 1. The third kappa shape index (κ3) is 3.78. The summed E-state index contributed by atoms with van der Waals surface area (Å²) in [5, 5.41) is 8.92.